The normalized spacial score (nSPS) is 44.4. The molecule has 1 amide bonds. The van der Waals surface area contributed by atoms with Crippen LogP contribution in [0.4, 0.5) is 0 Å². The van der Waals surface area contributed by atoms with Crippen molar-refractivity contribution < 1.29 is 4.79 Å². The molecule has 1 saturated heterocycles. The number of hydrogen-bond donors (Lipinski definition) is 1. The number of nitrogens with zero attached hydrogens (tertiary/aromatic N) is 1. The van der Waals surface area contributed by atoms with E-state index in [1.54, 1.807) is 0 Å². The summed E-state index contributed by atoms with van der Waals surface area (Å²) in [6.45, 7) is 1.07. The van der Waals surface area contributed by atoms with Crippen molar-refractivity contribution in [2.24, 2.45) is 23.7 Å². The maximum Gasteiger partial charge on any atom is 0.244 e. The molecule has 5 fully saturated rings. The molecule has 1 N–H and O–H groups in total. The molecule has 0 aromatic carbocycles. The fourth-order valence-electron chi connectivity index (χ4n) is 6.00. The number of carbonyl (C=O) groups excluding carboxylic acids is 1. The van der Waals surface area contributed by atoms with Crippen molar-refractivity contribution in [3.8, 4) is 0 Å². The summed E-state index contributed by atoms with van der Waals surface area (Å²) in [5, 5.41) is 3.78. The summed E-state index contributed by atoms with van der Waals surface area (Å²) in [4.78, 5) is 15.2. The van der Waals surface area contributed by atoms with Gasteiger partial charge in [-0.3, -0.25) is 10.1 Å². The van der Waals surface area contributed by atoms with Crippen LogP contribution in [0, 0.1) is 23.7 Å². The molecule has 1 aliphatic heterocycles. The summed E-state index contributed by atoms with van der Waals surface area (Å²) in [7, 11) is 0. The molecule has 5 aliphatic rings. The second kappa shape index (κ2) is 4.47. The smallest absolute Gasteiger partial charge is 0.244 e. The molecule has 3 nitrogen and oxygen atoms in total. The molecule has 4 unspecified atom stereocenters. The minimum atomic E-state index is -0.106. The maximum absolute atomic E-state index is 12.9. The maximum atomic E-state index is 12.9. The van der Waals surface area contributed by atoms with Gasteiger partial charge in [-0.25, -0.2) is 0 Å². The van der Waals surface area contributed by atoms with E-state index in [1.165, 1.54) is 51.4 Å². The largest absolute Gasteiger partial charge is 0.325 e. The quantitative estimate of drug-likeness (QED) is 0.866. The van der Waals surface area contributed by atoms with Gasteiger partial charge < -0.3 is 4.90 Å². The standard InChI is InChI=1S/C18H28N2O/c21-17-18(7-8-18)19-16(13-3-1-2-4-13)20(17)11-15-10-12-5-6-14(15)9-12/h12-16,19H,1-11H2. The third kappa shape index (κ3) is 1.92. The van der Waals surface area contributed by atoms with E-state index in [0.717, 1.165) is 43.1 Å². The van der Waals surface area contributed by atoms with Crippen molar-refractivity contribution in [2.45, 2.75) is 75.9 Å². The summed E-state index contributed by atoms with van der Waals surface area (Å²) < 4.78 is 0. The molecule has 4 saturated carbocycles. The predicted molar refractivity (Wildman–Crippen MR) is 81.5 cm³/mol. The Kier molecular flexibility index (Phi) is 2.75. The zero-order valence-corrected chi connectivity index (χ0v) is 13.0. The van der Waals surface area contributed by atoms with E-state index in [0.29, 0.717) is 12.1 Å². The van der Waals surface area contributed by atoms with Crippen LogP contribution < -0.4 is 5.32 Å². The lowest BCUT2D eigenvalue weighted by Gasteiger charge is -2.33. The Labute approximate surface area is 127 Å². The third-order valence-corrected chi connectivity index (χ3v) is 7.34. The topological polar surface area (TPSA) is 32.3 Å². The number of fused-ring (bicyclic) bond motifs is 2. The summed E-state index contributed by atoms with van der Waals surface area (Å²) in [6, 6.07) is 0. The van der Waals surface area contributed by atoms with Crippen LogP contribution in [-0.2, 0) is 4.79 Å². The molecule has 0 aromatic rings. The number of rotatable bonds is 3. The van der Waals surface area contributed by atoms with Gasteiger partial charge in [0.2, 0.25) is 5.91 Å². The van der Waals surface area contributed by atoms with E-state index in [4.69, 9.17) is 0 Å². The highest BCUT2D eigenvalue weighted by molar-refractivity contribution is 5.91. The van der Waals surface area contributed by atoms with E-state index >= 15 is 0 Å². The van der Waals surface area contributed by atoms with E-state index in [9.17, 15) is 4.79 Å². The van der Waals surface area contributed by atoms with Crippen molar-refractivity contribution in [3.63, 3.8) is 0 Å². The summed E-state index contributed by atoms with van der Waals surface area (Å²) >= 11 is 0. The zero-order chi connectivity index (χ0) is 14.0. The Hall–Kier alpha value is -0.570. The minimum Gasteiger partial charge on any atom is -0.325 e. The van der Waals surface area contributed by atoms with E-state index in [2.05, 4.69) is 10.2 Å². The van der Waals surface area contributed by atoms with Crippen molar-refractivity contribution in [1.82, 2.24) is 10.2 Å². The van der Waals surface area contributed by atoms with Gasteiger partial charge in [0.25, 0.3) is 0 Å². The molecular weight excluding hydrogens is 260 g/mol. The molecule has 0 radical (unpaired) electrons. The Balaban J connectivity index is 1.35. The lowest BCUT2D eigenvalue weighted by atomic mass is 9.88. The monoisotopic (exact) mass is 288 g/mol. The number of nitrogens with one attached hydrogen (secondary N) is 1. The van der Waals surface area contributed by atoms with Gasteiger partial charge in [-0.05, 0) is 68.6 Å². The second-order valence-corrected chi connectivity index (χ2v) is 8.61. The Morgan fingerprint density at radius 3 is 2.48 bits per heavy atom. The Bertz CT molecular complexity index is 452. The molecule has 4 atom stereocenters. The summed E-state index contributed by atoms with van der Waals surface area (Å²) in [6.07, 6.45) is 13.7. The predicted octanol–water partition coefficient (Wildman–Crippen LogP) is 2.90. The first-order chi connectivity index (χ1) is 10.3. The summed E-state index contributed by atoms with van der Waals surface area (Å²) in [5.41, 5.74) is -0.106. The van der Waals surface area contributed by atoms with Crippen molar-refractivity contribution in [2.75, 3.05) is 6.54 Å². The van der Waals surface area contributed by atoms with Crippen LogP contribution in [0.25, 0.3) is 0 Å². The van der Waals surface area contributed by atoms with Crippen molar-refractivity contribution in [3.05, 3.63) is 0 Å². The number of hydrogen-bond acceptors (Lipinski definition) is 2. The fourth-order valence-corrected chi connectivity index (χ4v) is 6.00. The molecule has 4 aliphatic carbocycles. The minimum absolute atomic E-state index is 0.106. The molecule has 21 heavy (non-hydrogen) atoms. The van der Waals surface area contributed by atoms with Gasteiger partial charge in [0.1, 0.15) is 0 Å². The van der Waals surface area contributed by atoms with E-state index in [-0.39, 0.29) is 5.54 Å². The first-order valence-electron chi connectivity index (χ1n) is 9.34. The van der Waals surface area contributed by atoms with Gasteiger partial charge >= 0.3 is 0 Å². The van der Waals surface area contributed by atoms with Gasteiger partial charge in [-0.15, -0.1) is 0 Å². The fraction of sp³-hybridized carbons (Fsp3) is 0.944. The number of carbonyl (C=O) groups is 1. The molecule has 0 aromatic heterocycles. The van der Waals surface area contributed by atoms with Crippen LogP contribution in [0.3, 0.4) is 0 Å². The molecular formula is C18H28N2O. The first-order valence-corrected chi connectivity index (χ1v) is 9.34. The van der Waals surface area contributed by atoms with Crippen LogP contribution in [-0.4, -0.2) is 29.1 Å². The molecule has 116 valence electrons. The highest BCUT2D eigenvalue weighted by Crippen LogP contribution is 2.51. The number of amides is 1. The average Bonchev–Trinajstić information content (AvgIpc) is 2.95. The van der Waals surface area contributed by atoms with Crippen LogP contribution in [0.1, 0.15) is 64.2 Å². The SMILES string of the molecule is O=C1N(CC2CC3CCC2C3)C(C2CCCC2)NC12CC2. The van der Waals surface area contributed by atoms with Gasteiger partial charge in [-0.2, -0.15) is 0 Å². The molecule has 1 heterocycles. The van der Waals surface area contributed by atoms with Crippen LogP contribution in [0.15, 0.2) is 0 Å². The molecule has 3 heteroatoms. The van der Waals surface area contributed by atoms with Crippen LogP contribution >= 0.6 is 0 Å². The lowest BCUT2D eigenvalue weighted by Crippen LogP contribution is -2.45. The average molecular weight is 288 g/mol. The van der Waals surface area contributed by atoms with Gasteiger partial charge in [-0.1, -0.05) is 19.3 Å². The van der Waals surface area contributed by atoms with Crippen LogP contribution in [0.2, 0.25) is 0 Å². The summed E-state index contributed by atoms with van der Waals surface area (Å²) in [5.74, 6) is 3.93. The highest BCUT2D eigenvalue weighted by Gasteiger charge is 2.60. The van der Waals surface area contributed by atoms with Crippen LogP contribution in [0.5, 0.6) is 0 Å². The van der Waals surface area contributed by atoms with Gasteiger partial charge in [0.15, 0.2) is 0 Å². The lowest BCUT2D eigenvalue weighted by molar-refractivity contribution is -0.132. The Morgan fingerprint density at radius 1 is 1.05 bits per heavy atom. The van der Waals surface area contributed by atoms with Crippen molar-refractivity contribution in [1.29, 1.82) is 0 Å². The highest BCUT2D eigenvalue weighted by atomic mass is 16.2. The first kappa shape index (κ1) is 12.9. The third-order valence-electron chi connectivity index (χ3n) is 7.34. The molecule has 1 spiro atoms. The van der Waals surface area contributed by atoms with Gasteiger partial charge in [0.05, 0.1) is 11.7 Å². The zero-order valence-electron chi connectivity index (χ0n) is 13.0. The van der Waals surface area contributed by atoms with E-state index in [1.807, 2.05) is 0 Å². The van der Waals surface area contributed by atoms with E-state index < -0.39 is 0 Å². The molecule has 2 bridgehead atoms. The molecule has 5 rings (SSSR count). The van der Waals surface area contributed by atoms with Crippen molar-refractivity contribution >= 4 is 5.91 Å². The second-order valence-electron chi connectivity index (χ2n) is 8.61. The van der Waals surface area contributed by atoms with Gasteiger partial charge in [0, 0.05) is 6.54 Å². The Morgan fingerprint density at radius 2 is 1.86 bits per heavy atom.